The highest BCUT2D eigenvalue weighted by Gasteiger charge is 2.40. The van der Waals surface area contributed by atoms with E-state index in [1.54, 1.807) is 7.05 Å². The van der Waals surface area contributed by atoms with Gasteiger partial charge in [0.05, 0.1) is 23.3 Å². The smallest absolute Gasteiger partial charge is 0.307 e. The number of amides is 1. The van der Waals surface area contributed by atoms with E-state index in [-0.39, 0.29) is 23.5 Å². The molecule has 0 radical (unpaired) electrons. The Morgan fingerprint density at radius 1 is 1.10 bits per heavy atom. The van der Waals surface area contributed by atoms with Crippen molar-refractivity contribution in [2.75, 3.05) is 18.6 Å². The Labute approximate surface area is 119 Å². The fraction of sp³-hybridized carbons (Fsp3) is 0.846. The summed E-state index contributed by atoms with van der Waals surface area (Å²) >= 11 is 0. The third kappa shape index (κ3) is 3.13. The molecule has 2 rings (SSSR count). The van der Waals surface area contributed by atoms with Crippen molar-refractivity contribution in [1.82, 2.24) is 4.90 Å². The molecule has 6 nitrogen and oxygen atoms in total. The normalized spacial score (nSPS) is 32.8. The average Bonchev–Trinajstić information content (AvgIpc) is 2.77. The van der Waals surface area contributed by atoms with Gasteiger partial charge in [0.2, 0.25) is 5.91 Å². The summed E-state index contributed by atoms with van der Waals surface area (Å²) in [6.45, 7) is 0. The summed E-state index contributed by atoms with van der Waals surface area (Å²) in [6.07, 6.45) is 3.26. The number of sulfone groups is 1. The minimum atomic E-state index is -3.04. The molecule has 1 aliphatic carbocycles. The van der Waals surface area contributed by atoms with Gasteiger partial charge in [-0.2, -0.15) is 0 Å². The molecular formula is C13H21NO5S. The second-order valence-corrected chi connectivity index (χ2v) is 8.07. The van der Waals surface area contributed by atoms with Crippen LogP contribution in [0.3, 0.4) is 0 Å². The summed E-state index contributed by atoms with van der Waals surface area (Å²) in [7, 11) is -1.45. The van der Waals surface area contributed by atoms with E-state index in [0.29, 0.717) is 19.3 Å². The van der Waals surface area contributed by atoms with Crippen LogP contribution in [0.2, 0.25) is 0 Å². The lowest BCUT2D eigenvalue weighted by atomic mass is 9.78. The van der Waals surface area contributed by atoms with Crippen LogP contribution in [0.4, 0.5) is 0 Å². The van der Waals surface area contributed by atoms with E-state index in [4.69, 9.17) is 0 Å². The molecule has 0 spiro atoms. The molecule has 1 aliphatic heterocycles. The number of nitrogens with zero attached hydrogens (tertiary/aromatic N) is 1. The van der Waals surface area contributed by atoms with Crippen LogP contribution in [0.25, 0.3) is 0 Å². The standard InChI is InChI=1S/C13H21NO5S/c1-14(9-6-7-20(18,19)8-9)12(15)10-4-2-3-5-11(10)13(16)17/h9-11H,2-8H2,1H3,(H,16,17)/t9-,10-,11+/m1/s1. The van der Waals surface area contributed by atoms with Crippen molar-refractivity contribution in [3.63, 3.8) is 0 Å². The van der Waals surface area contributed by atoms with Crippen LogP contribution in [0.5, 0.6) is 0 Å². The highest BCUT2D eigenvalue weighted by molar-refractivity contribution is 7.91. The zero-order chi connectivity index (χ0) is 14.9. The molecular weight excluding hydrogens is 282 g/mol. The van der Waals surface area contributed by atoms with Crippen molar-refractivity contribution in [3.05, 3.63) is 0 Å². The van der Waals surface area contributed by atoms with Crippen LogP contribution in [0.15, 0.2) is 0 Å². The minimum absolute atomic E-state index is 0.000300. The molecule has 1 heterocycles. The van der Waals surface area contributed by atoms with Crippen molar-refractivity contribution in [2.45, 2.75) is 38.1 Å². The third-order valence-electron chi connectivity index (χ3n) is 4.50. The van der Waals surface area contributed by atoms with Gasteiger partial charge < -0.3 is 10.0 Å². The fourth-order valence-corrected chi connectivity index (χ4v) is 5.02. The Bertz CT molecular complexity index is 501. The molecule has 0 aromatic heterocycles. The monoisotopic (exact) mass is 303 g/mol. The Hall–Kier alpha value is -1.11. The number of hydrogen-bond acceptors (Lipinski definition) is 4. The third-order valence-corrected chi connectivity index (χ3v) is 6.25. The molecule has 1 amide bonds. The first-order valence-corrected chi connectivity index (χ1v) is 8.84. The number of hydrogen-bond donors (Lipinski definition) is 1. The number of rotatable bonds is 3. The van der Waals surface area contributed by atoms with Crippen LogP contribution < -0.4 is 0 Å². The molecule has 20 heavy (non-hydrogen) atoms. The van der Waals surface area contributed by atoms with Crippen molar-refractivity contribution in [1.29, 1.82) is 0 Å². The highest BCUT2D eigenvalue weighted by atomic mass is 32.2. The van der Waals surface area contributed by atoms with Gasteiger partial charge in [-0.05, 0) is 19.3 Å². The minimum Gasteiger partial charge on any atom is -0.481 e. The van der Waals surface area contributed by atoms with Crippen molar-refractivity contribution < 1.29 is 23.1 Å². The summed E-state index contributed by atoms with van der Waals surface area (Å²) in [5.41, 5.74) is 0. The topological polar surface area (TPSA) is 91.8 Å². The van der Waals surface area contributed by atoms with Crippen LogP contribution >= 0.6 is 0 Å². The van der Waals surface area contributed by atoms with Crippen molar-refractivity contribution >= 4 is 21.7 Å². The van der Waals surface area contributed by atoms with Crippen LogP contribution in [0.1, 0.15) is 32.1 Å². The second-order valence-electron chi connectivity index (χ2n) is 5.84. The van der Waals surface area contributed by atoms with E-state index in [9.17, 15) is 23.1 Å². The van der Waals surface area contributed by atoms with Gasteiger partial charge in [-0.3, -0.25) is 9.59 Å². The summed E-state index contributed by atoms with van der Waals surface area (Å²) < 4.78 is 23.0. The number of carbonyl (C=O) groups is 2. The lowest BCUT2D eigenvalue weighted by Gasteiger charge is -2.33. The number of aliphatic carboxylic acids is 1. The maximum absolute atomic E-state index is 12.5. The molecule has 0 aromatic rings. The Balaban J connectivity index is 2.07. The fourth-order valence-electron chi connectivity index (χ4n) is 3.24. The zero-order valence-corrected chi connectivity index (χ0v) is 12.4. The number of carbonyl (C=O) groups excluding carboxylic acids is 1. The lowest BCUT2D eigenvalue weighted by Crippen LogP contribution is -2.45. The van der Waals surface area contributed by atoms with Crippen LogP contribution in [-0.2, 0) is 19.4 Å². The van der Waals surface area contributed by atoms with E-state index in [0.717, 1.165) is 12.8 Å². The molecule has 7 heteroatoms. The zero-order valence-electron chi connectivity index (χ0n) is 11.6. The molecule has 2 fully saturated rings. The van der Waals surface area contributed by atoms with Crippen LogP contribution in [-0.4, -0.2) is 54.9 Å². The number of carboxylic acid groups (broad SMARTS) is 1. The van der Waals surface area contributed by atoms with E-state index < -0.39 is 27.6 Å². The largest absolute Gasteiger partial charge is 0.481 e. The average molecular weight is 303 g/mol. The summed E-state index contributed by atoms with van der Waals surface area (Å²) in [5.74, 6) is -2.15. The van der Waals surface area contributed by atoms with Gasteiger partial charge in [0, 0.05) is 13.1 Å². The van der Waals surface area contributed by atoms with E-state index in [1.807, 2.05) is 0 Å². The predicted molar refractivity (Wildman–Crippen MR) is 72.9 cm³/mol. The van der Waals surface area contributed by atoms with Gasteiger partial charge in [0.1, 0.15) is 0 Å². The lowest BCUT2D eigenvalue weighted by molar-refractivity contribution is -0.152. The molecule has 1 N–H and O–H groups in total. The maximum Gasteiger partial charge on any atom is 0.307 e. The van der Waals surface area contributed by atoms with E-state index in [2.05, 4.69) is 0 Å². The van der Waals surface area contributed by atoms with Crippen molar-refractivity contribution in [3.8, 4) is 0 Å². The Morgan fingerprint density at radius 3 is 2.20 bits per heavy atom. The molecule has 1 saturated carbocycles. The van der Waals surface area contributed by atoms with Gasteiger partial charge in [-0.15, -0.1) is 0 Å². The first kappa shape index (κ1) is 15.3. The van der Waals surface area contributed by atoms with E-state index >= 15 is 0 Å². The van der Waals surface area contributed by atoms with Crippen molar-refractivity contribution in [2.24, 2.45) is 11.8 Å². The predicted octanol–water partition coefficient (Wildman–Crippen LogP) is 0.523. The molecule has 0 bridgehead atoms. The van der Waals surface area contributed by atoms with Gasteiger partial charge in [0.15, 0.2) is 9.84 Å². The summed E-state index contributed by atoms with van der Waals surface area (Å²) in [6, 6.07) is -0.302. The second kappa shape index (κ2) is 5.71. The van der Waals surface area contributed by atoms with Crippen LogP contribution in [0, 0.1) is 11.8 Å². The molecule has 0 unspecified atom stereocenters. The van der Waals surface area contributed by atoms with E-state index in [1.165, 1.54) is 4.90 Å². The quantitative estimate of drug-likeness (QED) is 0.821. The molecule has 0 aromatic carbocycles. The Morgan fingerprint density at radius 2 is 1.70 bits per heavy atom. The highest BCUT2D eigenvalue weighted by Crippen LogP contribution is 2.32. The molecule has 1 saturated heterocycles. The molecule has 3 atom stereocenters. The summed E-state index contributed by atoms with van der Waals surface area (Å²) in [5, 5.41) is 9.22. The first-order chi connectivity index (χ1) is 9.32. The Kier molecular flexibility index (Phi) is 4.36. The first-order valence-electron chi connectivity index (χ1n) is 7.02. The van der Waals surface area contributed by atoms with Gasteiger partial charge in [-0.25, -0.2) is 8.42 Å². The molecule has 2 aliphatic rings. The van der Waals surface area contributed by atoms with Gasteiger partial charge in [-0.1, -0.05) is 12.8 Å². The SMILES string of the molecule is CN(C(=O)[C@@H]1CCCC[C@@H]1C(=O)O)[C@@H]1CCS(=O)(=O)C1. The van der Waals surface area contributed by atoms with Gasteiger partial charge >= 0.3 is 5.97 Å². The maximum atomic E-state index is 12.5. The number of carboxylic acids is 1. The molecule has 114 valence electrons. The summed E-state index contributed by atoms with van der Waals surface area (Å²) in [4.78, 5) is 25.2. The van der Waals surface area contributed by atoms with Gasteiger partial charge in [0.25, 0.3) is 0 Å².